The number of nitrogens with zero attached hydrogens (tertiary/aromatic N) is 1. The molecule has 1 heterocycles. The van der Waals surface area contributed by atoms with E-state index in [-0.39, 0.29) is 18.4 Å². The molecule has 118 valence electrons. The number of ether oxygens (including phenoxy) is 1. The molecule has 0 radical (unpaired) electrons. The van der Waals surface area contributed by atoms with Gasteiger partial charge in [0.05, 0.1) is 18.1 Å². The Bertz CT molecular complexity index is 633. The maximum absolute atomic E-state index is 12.7. The van der Waals surface area contributed by atoms with Crippen LogP contribution in [0.3, 0.4) is 0 Å². The molecule has 1 aromatic rings. The Labute approximate surface area is 133 Å². The van der Waals surface area contributed by atoms with E-state index >= 15 is 0 Å². The molecule has 2 fully saturated rings. The lowest BCUT2D eigenvalue weighted by Crippen LogP contribution is -2.37. The first-order valence-electron chi connectivity index (χ1n) is 7.34. The van der Waals surface area contributed by atoms with Crippen molar-refractivity contribution in [3.63, 3.8) is 0 Å². The molecule has 1 aliphatic carbocycles. The average Bonchev–Trinajstić information content (AvgIpc) is 3.04. The third-order valence-electron chi connectivity index (χ3n) is 4.98. The molecule has 2 aliphatic rings. The Morgan fingerprint density at radius 3 is 2.86 bits per heavy atom. The Kier molecular flexibility index (Phi) is 3.77. The number of halogens is 1. The SMILES string of the molecule is COc1cc(Cl)ccc1C(=O)N1C[C@@H]2CCC[C@@]2(C(=O)O)C1. The standard InChI is InChI=1S/C16H18ClNO4/c1-22-13-7-11(17)4-5-12(13)14(19)18-8-10-3-2-6-16(10,9-18)15(20)21/h4-5,7,10H,2-3,6,8-9H2,1H3,(H,20,21)/t10-,16+/m0/s1. The van der Waals surface area contributed by atoms with Crippen LogP contribution in [-0.4, -0.2) is 42.1 Å². The summed E-state index contributed by atoms with van der Waals surface area (Å²) >= 11 is 5.92. The van der Waals surface area contributed by atoms with Crippen LogP contribution in [0.1, 0.15) is 29.6 Å². The summed E-state index contributed by atoms with van der Waals surface area (Å²) in [5, 5.41) is 10.1. The van der Waals surface area contributed by atoms with E-state index in [1.165, 1.54) is 7.11 Å². The molecule has 1 saturated heterocycles. The van der Waals surface area contributed by atoms with Crippen LogP contribution in [0, 0.1) is 11.3 Å². The maximum Gasteiger partial charge on any atom is 0.311 e. The van der Waals surface area contributed by atoms with Gasteiger partial charge in [-0.2, -0.15) is 0 Å². The van der Waals surface area contributed by atoms with E-state index in [0.29, 0.717) is 29.3 Å². The second kappa shape index (κ2) is 5.47. The fourth-order valence-electron chi connectivity index (χ4n) is 3.81. The number of fused-ring (bicyclic) bond motifs is 1. The topological polar surface area (TPSA) is 66.8 Å². The van der Waals surface area contributed by atoms with Gasteiger partial charge in [-0.3, -0.25) is 9.59 Å². The lowest BCUT2D eigenvalue weighted by molar-refractivity contribution is -0.149. The van der Waals surface area contributed by atoms with Crippen LogP contribution in [0.2, 0.25) is 5.02 Å². The van der Waals surface area contributed by atoms with E-state index in [1.54, 1.807) is 23.1 Å². The van der Waals surface area contributed by atoms with Crippen molar-refractivity contribution in [2.24, 2.45) is 11.3 Å². The smallest absolute Gasteiger partial charge is 0.311 e. The van der Waals surface area contributed by atoms with Gasteiger partial charge in [0.25, 0.3) is 5.91 Å². The summed E-state index contributed by atoms with van der Waals surface area (Å²) in [7, 11) is 1.49. The number of hydrogen-bond donors (Lipinski definition) is 1. The van der Waals surface area contributed by atoms with Gasteiger partial charge >= 0.3 is 5.97 Å². The fourth-order valence-corrected chi connectivity index (χ4v) is 3.97. The van der Waals surface area contributed by atoms with Crippen molar-refractivity contribution in [1.82, 2.24) is 4.90 Å². The second-order valence-electron chi connectivity index (χ2n) is 6.08. The van der Waals surface area contributed by atoms with Crippen LogP contribution in [-0.2, 0) is 4.79 Å². The molecule has 0 aromatic heterocycles. The van der Waals surface area contributed by atoms with Crippen molar-refractivity contribution in [2.45, 2.75) is 19.3 Å². The normalized spacial score (nSPS) is 26.8. The van der Waals surface area contributed by atoms with Gasteiger partial charge in [0, 0.05) is 18.1 Å². The Balaban J connectivity index is 1.87. The van der Waals surface area contributed by atoms with Gasteiger partial charge in [-0.25, -0.2) is 0 Å². The van der Waals surface area contributed by atoms with Crippen molar-refractivity contribution in [3.8, 4) is 5.75 Å². The van der Waals surface area contributed by atoms with Gasteiger partial charge in [-0.1, -0.05) is 18.0 Å². The number of carbonyl (C=O) groups excluding carboxylic acids is 1. The van der Waals surface area contributed by atoms with E-state index in [1.807, 2.05) is 0 Å². The molecule has 0 spiro atoms. The molecule has 22 heavy (non-hydrogen) atoms. The molecule has 1 aliphatic heterocycles. The number of carbonyl (C=O) groups is 2. The Morgan fingerprint density at radius 2 is 2.23 bits per heavy atom. The van der Waals surface area contributed by atoms with Crippen LogP contribution >= 0.6 is 11.6 Å². The number of likely N-dealkylation sites (tertiary alicyclic amines) is 1. The number of carboxylic acids is 1. The predicted octanol–water partition coefficient (Wildman–Crippen LogP) is 2.68. The lowest BCUT2D eigenvalue weighted by atomic mass is 9.81. The summed E-state index contributed by atoms with van der Waals surface area (Å²) < 4.78 is 5.23. The Hall–Kier alpha value is -1.75. The predicted molar refractivity (Wildman–Crippen MR) is 81.3 cm³/mol. The fraction of sp³-hybridized carbons (Fsp3) is 0.500. The summed E-state index contributed by atoms with van der Waals surface area (Å²) in [5.74, 6) is -0.511. The summed E-state index contributed by atoms with van der Waals surface area (Å²) in [6.07, 6.45) is 2.44. The molecule has 5 nitrogen and oxygen atoms in total. The van der Waals surface area contributed by atoms with Crippen LogP contribution in [0.4, 0.5) is 0 Å². The summed E-state index contributed by atoms with van der Waals surface area (Å²) in [4.78, 5) is 26.1. The molecule has 2 atom stereocenters. The first kappa shape index (κ1) is 15.2. The van der Waals surface area contributed by atoms with E-state index in [4.69, 9.17) is 16.3 Å². The van der Waals surface area contributed by atoms with Crippen molar-refractivity contribution < 1.29 is 19.4 Å². The van der Waals surface area contributed by atoms with Crippen LogP contribution in [0.5, 0.6) is 5.75 Å². The third-order valence-corrected chi connectivity index (χ3v) is 5.21. The number of aliphatic carboxylic acids is 1. The van der Waals surface area contributed by atoms with Crippen molar-refractivity contribution in [2.75, 3.05) is 20.2 Å². The zero-order valence-corrected chi connectivity index (χ0v) is 13.1. The van der Waals surface area contributed by atoms with Crippen LogP contribution < -0.4 is 4.74 Å². The number of methoxy groups -OCH3 is 1. The molecule has 1 N–H and O–H groups in total. The average molecular weight is 324 g/mol. The highest BCUT2D eigenvalue weighted by molar-refractivity contribution is 6.30. The van der Waals surface area contributed by atoms with Gasteiger partial charge in [0.15, 0.2) is 0 Å². The molecule has 3 rings (SSSR count). The number of amides is 1. The van der Waals surface area contributed by atoms with E-state index in [2.05, 4.69) is 0 Å². The van der Waals surface area contributed by atoms with Gasteiger partial charge in [0.2, 0.25) is 0 Å². The zero-order valence-electron chi connectivity index (χ0n) is 12.3. The van der Waals surface area contributed by atoms with Gasteiger partial charge < -0.3 is 14.7 Å². The van der Waals surface area contributed by atoms with Crippen molar-refractivity contribution >= 4 is 23.5 Å². The summed E-state index contributed by atoms with van der Waals surface area (Å²) in [5.41, 5.74) is -0.345. The summed E-state index contributed by atoms with van der Waals surface area (Å²) in [6, 6.07) is 4.87. The monoisotopic (exact) mass is 323 g/mol. The van der Waals surface area contributed by atoms with E-state index in [9.17, 15) is 14.7 Å². The highest BCUT2D eigenvalue weighted by Gasteiger charge is 2.55. The minimum Gasteiger partial charge on any atom is -0.496 e. The first-order valence-corrected chi connectivity index (χ1v) is 7.72. The Morgan fingerprint density at radius 1 is 1.45 bits per heavy atom. The molecule has 0 bridgehead atoms. The van der Waals surface area contributed by atoms with E-state index < -0.39 is 11.4 Å². The molecular formula is C16H18ClNO4. The largest absolute Gasteiger partial charge is 0.496 e. The highest BCUT2D eigenvalue weighted by atomic mass is 35.5. The summed E-state index contributed by atoms with van der Waals surface area (Å²) in [6.45, 7) is 0.772. The highest BCUT2D eigenvalue weighted by Crippen LogP contribution is 2.49. The lowest BCUT2D eigenvalue weighted by Gasteiger charge is -2.23. The molecule has 6 heteroatoms. The quantitative estimate of drug-likeness (QED) is 0.928. The van der Waals surface area contributed by atoms with Crippen molar-refractivity contribution in [1.29, 1.82) is 0 Å². The minimum atomic E-state index is -0.784. The number of rotatable bonds is 3. The van der Waals surface area contributed by atoms with Crippen molar-refractivity contribution in [3.05, 3.63) is 28.8 Å². The molecule has 1 aromatic carbocycles. The number of hydrogen-bond acceptors (Lipinski definition) is 3. The zero-order chi connectivity index (χ0) is 15.9. The van der Waals surface area contributed by atoms with Crippen LogP contribution in [0.25, 0.3) is 0 Å². The molecule has 0 unspecified atom stereocenters. The molecular weight excluding hydrogens is 306 g/mol. The van der Waals surface area contributed by atoms with Gasteiger partial charge in [-0.05, 0) is 37.0 Å². The maximum atomic E-state index is 12.7. The second-order valence-corrected chi connectivity index (χ2v) is 6.52. The van der Waals surface area contributed by atoms with E-state index in [0.717, 1.165) is 12.8 Å². The van der Waals surface area contributed by atoms with Gasteiger partial charge in [-0.15, -0.1) is 0 Å². The first-order chi connectivity index (χ1) is 10.5. The third kappa shape index (κ3) is 2.24. The van der Waals surface area contributed by atoms with Gasteiger partial charge in [0.1, 0.15) is 5.75 Å². The van der Waals surface area contributed by atoms with Crippen LogP contribution in [0.15, 0.2) is 18.2 Å². The molecule has 1 saturated carbocycles. The minimum absolute atomic E-state index is 0.0484. The molecule has 1 amide bonds. The number of carboxylic acid groups (broad SMARTS) is 1. The number of benzene rings is 1.